The summed E-state index contributed by atoms with van der Waals surface area (Å²) in [6.07, 6.45) is 0.919. The van der Waals surface area contributed by atoms with Crippen molar-refractivity contribution in [2.45, 2.75) is 58.8 Å². The van der Waals surface area contributed by atoms with Crippen molar-refractivity contribution in [1.82, 2.24) is 0 Å². The van der Waals surface area contributed by atoms with Crippen molar-refractivity contribution in [1.29, 1.82) is 0 Å². The first kappa shape index (κ1) is 17.4. The van der Waals surface area contributed by atoms with Gasteiger partial charge >= 0.3 is 0 Å². The Balaban J connectivity index is 2.24. The summed E-state index contributed by atoms with van der Waals surface area (Å²) < 4.78 is 0. The lowest BCUT2D eigenvalue weighted by Crippen LogP contribution is -2.01. The zero-order valence-corrected chi connectivity index (χ0v) is 14.8. The third kappa shape index (κ3) is 4.07. The lowest BCUT2D eigenvalue weighted by atomic mass is 9.89. The minimum atomic E-state index is 0.309. The summed E-state index contributed by atoms with van der Waals surface area (Å²) in [5.74, 6) is 1.73. The summed E-state index contributed by atoms with van der Waals surface area (Å²) in [6.45, 7) is 10.6. The van der Waals surface area contributed by atoms with Crippen LogP contribution in [0.1, 0.15) is 74.6 Å². The van der Waals surface area contributed by atoms with Crippen LogP contribution in [0.4, 0.5) is 0 Å². The monoisotopic (exact) mass is 312 g/mol. The lowest BCUT2D eigenvalue weighted by molar-refractivity contribution is 0.463. The number of hydrogen-bond acceptors (Lipinski definition) is 2. The van der Waals surface area contributed by atoms with Crippen molar-refractivity contribution in [2.24, 2.45) is 0 Å². The van der Waals surface area contributed by atoms with E-state index in [1.165, 1.54) is 11.1 Å². The first-order valence-corrected chi connectivity index (χ1v) is 8.44. The van der Waals surface area contributed by atoms with E-state index in [1.54, 1.807) is 12.1 Å². The normalized spacial score (nSPS) is 12.8. The van der Waals surface area contributed by atoms with E-state index in [1.807, 2.05) is 12.1 Å². The fourth-order valence-corrected chi connectivity index (χ4v) is 3.01. The molecule has 0 spiro atoms. The Hall–Kier alpha value is -1.96. The molecule has 0 aliphatic carbocycles. The van der Waals surface area contributed by atoms with Crippen molar-refractivity contribution in [2.75, 3.05) is 0 Å². The van der Waals surface area contributed by atoms with Gasteiger partial charge in [0.2, 0.25) is 0 Å². The Bertz CT molecular complexity index is 672. The third-order valence-corrected chi connectivity index (χ3v) is 4.50. The van der Waals surface area contributed by atoms with Gasteiger partial charge in [0.05, 0.1) is 0 Å². The van der Waals surface area contributed by atoms with Crippen LogP contribution >= 0.6 is 0 Å². The van der Waals surface area contributed by atoms with Gasteiger partial charge in [-0.05, 0) is 58.6 Å². The Labute approximate surface area is 139 Å². The second-order valence-corrected chi connectivity index (χ2v) is 7.13. The van der Waals surface area contributed by atoms with Gasteiger partial charge in [-0.2, -0.15) is 0 Å². The van der Waals surface area contributed by atoms with Gasteiger partial charge in [0, 0.05) is 0 Å². The zero-order chi connectivity index (χ0) is 17.1. The fourth-order valence-electron chi connectivity index (χ4n) is 3.01. The smallest absolute Gasteiger partial charge is 0.119 e. The molecule has 2 N–H and O–H groups in total. The molecule has 2 rings (SSSR count). The van der Waals surface area contributed by atoms with Crippen molar-refractivity contribution >= 4 is 0 Å². The molecule has 124 valence electrons. The number of benzene rings is 2. The molecule has 0 heterocycles. The van der Waals surface area contributed by atoms with E-state index in [-0.39, 0.29) is 0 Å². The molecule has 2 nitrogen and oxygen atoms in total. The predicted octanol–water partition coefficient (Wildman–Crippen LogP) is 5.69. The average molecular weight is 312 g/mol. The Kier molecular flexibility index (Phi) is 5.35. The highest BCUT2D eigenvalue weighted by Crippen LogP contribution is 2.32. The van der Waals surface area contributed by atoms with Gasteiger partial charge in [0.15, 0.2) is 0 Å². The Morgan fingerprint density at radius 2 is 1.26 bits per heavy atom. The maximum absolute atomic E-state index is 9.98. The summed E-state index contributed by atoms with van der Waals surface area (Å²) in [4.78, 5) is 0. The van der Waals surface area contributed by atoms with Crippen LogP contribution in [0.25, 0.3) is 0 Å². The molecular formula is C21H28O2. The van der Waals surface area contributed by atoms with Crippen molar-refractivity contribution in [3.63, 3.8) is 0 Å². The van der Waals surface area contributed by atoms with Crippen molar-refractivity contribution in [3.05, 3.63) is 58.7 Å². The highest BCUT2D eigenvalue weighted by molar-refractivity contribution is 5.41. The number of aromatic hydroxyl groups is 2. The minimum Gasteiger partial charge on any atom is -0.508 e. The largest absolute Gasteiger partial charge is 0.508 e. The summed E-state index contributed by atoms with van der Waals surface area (Å²) in [5.41, 5.74) is 4.48. The quantitative estimate of drug-likeness (QED) is 0.744. The number of phenols is 2. The van der Waals surface area contributed by atoms with Gasteiger partial charge in [-0.3, -0.25) is 0 Å². The summed E-state index contributed by atoms with van der Waals surface area (Å²) in [6, 6.07) is 11.8. The maximum atomic E-state index is 9.98. The van der Waals surface area contributed by atoms with Crippen LogP contribution in [-0.4, -0.2) is 10.2 Å². The molecule has 0 saturated heterocycles. The molecule has 23 heavy (non-hydrogen) atoms. The molecular weight excluding hydrogens is 284 g/mol. The summed E-state index contributed by atoms with van der Waals surface area (Å²) in [5, 5.41) is 19.9. The van der Waals surface area contributed by atoms with Gasteiger partial charge in [-0.15, -0.1) is 0 Å². The summed E-state index contributed by atoms with van der Waals surface area (Å²) in [7, 11) is 0. The van der Waals surface area contributed by atoms with Gasteiger partial charge < -0.3 is 10.2 Å². The van der Waals surface area contributed by atoms with E-state index in [0.29, 0.717) is 29.3 Å². The molecule has 2 heteroatoms. The SMILES string of the molecule is CC(C)c1cc(CC(C)c2ccc(O)c(C(C)C)c2)ccc1O. The molecule has 1 unspecified atom stereocenters. The second kappa shape index (κ2) is 7.08. The van der Waals surface area contributed by atoms with E-state index >= 15 is 0 Å². The molecule has 0 amide bonds. The molecule has 0 aliphatic rings. The first-order chi connectivity index (χ1) is 10.8. The van der Waals surface area contributed by atoms with Crippen LogP contribution in [0.3, 0.4) is 0 Å². The van der Waals surface area contributed by atoms with E-state index in [2.05, 4.69) is 46.8 Å². The van der Waals surface area contributed by atoms with Gasteiger partial charge in [-0.25, -0.2) is 0 Å². The lowest BCUT2D eigenvalue weighted by Gasteiger charge is -2.17. The van der Waals surface area contributed by atoms with E-state index in [9.17, 15) is 10.2 Å². The topological polar surface area (TPSA) is 40.5 Å². The van der Waals surface area contributed by atoms with Crippen molar-refractivity contribution in [3.8, 4) is 11.5 Å². The van der Waals surface area contributed by atoms with Crippen LogP contribution in [-0.2, 0) is 6.42 Å². The highest BCUT2D eigenvalue weighted by Gasteiger charge is 2.13. The van der Waals surface area contributed by atoms with Gasteiger partial charge in [-0.1, -0.05) is 58.9 Å². The van der Waals surface area contributed by atoms with Gasteiger partial charge in [0.25, 0.3) is 0 Å². The Morgan fingerprint density at radius 1 is 0.739 bits per heavy atom. The van der Waals surface area contributed by atoms with Crippen LogP contribution in [0.15, 0.2) is 36.4 Å². The van der Waals surface area contributed by atoms with Crippen molar-refractivity contribution < 1.29 is 10.2 Å². The van der Waals surface area contributed by atoms with Crippen LogP contribution in [0.5, 0.6) is 11.5 Å². The van der Waals surface area contributed by atoms with Crippen LogP contribution in [0, 0.1) is 0 Å². The standard InChI is InChI=1S/C21H28O2/c1-13(2)18-11-16(6-8-20(18)22)10-15(5)17-7-9-21(23)19(12-17)14(3)4/h6-9,11-15,22-23H,10H2,1-5H3. The molecule has 0 aliphatic heterocycles. The third-order valence-electron chi connectivity index (χ3n) is 4.50. The Morgan fingerprint density at radius 3 is 1.83 bits per heavy atom. The first-order valence-electron chi connectivity index (χ1n) is 8.44. The average Bonchev–Trinajstić information content (AvgIpc) is 2.49. The molecule has 0 bridgehead atoms. The molecule has 0 saturated carbocycles. The van der Waals surface area contributed by atoms with E-state index in [0.717, 1.165) is 17.5 Å². The number of hydrogen-bond donors (Lipinski definition) is 2. The molecule has 1 atom stereocenters. The van der Waals surface area contributed by atoms with E-state index in [4.69, 9.17) is 0 Å². The van der Waals surface area contributed by atoms with E-state index < -0.39 is 0 Å². The highest BCUT2D eigenvalue weighted by atomic mass is 16.3. The maximum Gasteiger partial charge on any atom is 0.119 e. The number of rotatable bonds is 5. The fraction of sp³-hybridized carbons (Fsp3) is 0.429. The van der Waals surface area contributed by atoms with Crippen LogP contribution in [0.2, 0.25) is 0 Å². The predicted molar refractivity (Wildman–Crippen MR) is 96.5 cm³/mol. The minimum absolute atomic E-state index is 0.309. The summed E-state index contributed by atoms with van der Waals surface area (Å²) >= 11 is 0. The molecule has 2 aromatic carbocycles. The molecule has 0 radical (unpaired) electrons. The molecule has 2 aromatic rings. The van der Waals surface area contributed by atoms with Crippen LogP contribution < -0.4 is 0 Å². The zero-order valence-electron chi connectivity index (χ0n) is 14.8. The second-order valence-electron chi connectivity index (χ2n) is 7.13. The van der Waals surface area contributed by atoms with Gasteiger partial charge in [0.1, 0.15) is 11.5 Å². The molecule has 0 aromatic heterocycles. The number of phenolic OH excluding ortho intramolecular Hbond substituents is 2. The molecule has 0 fully saturated rings.